The Bertz CT molecular complexity index is 324. The highest BCUT2D eigenvalue weighted by Crippen LogP contribution is 2.11. The van der Waals surface area contributed by atoms with Crippen molar-refractivity contribution in [2.75, 3.05) is 18.2 Å². The Hall–Kier alpha value is -1.16. The first kappa shape index (κ1) is 11.9. The topological polar surface area (TPSA) is 38.3 Å². The highest BCUT2D eigenvalue weighted by atomic mass is 32.1. The number of benzene rings is 1. The first-order valence-electron chi connectivity index (χ1n) is 4.69. The van der Waals surface area contributed by atoms with Gasteiger partial charge in [-0.25, -0.2) is 4.79 Å². The van der Waals surface area contributed by atoms with E-state index in [4.69, 9.17) is 0 Å². The molecule has 15 heavy (non-hydrogen) atoms. The number of aryl methyl sites for hydroxylation is 1. The number of thiol groups is 1. The van der Waals surface area contributed by atoms with Crippen LogP contribution in [0.25, 0.3) is 0 Å². The molecule has 0 bridgehead atoms. The van der Waals surface area contributed by atoms with E-state index >= 15 is 0 Å². The van der Waals surface area contributed by atoms with Crippen molar-refractivity contribution in [2.24, 2.45) is 0 Å². The maximum Gasteiger partial charge on any atom is 0.329 e. The van der Waals surface area contributed by atoms with E-state index < -0.39 is 6.04 Å². The van der Waals surface area contributed by atoms with Crippen molar-refractivity contribution >= 4 is 24.3 Å². The minimum Gasteiger partial charge on any atom is -0.467 e. The summed E-state index contributed by atoms with van der Waals surface area (Å²) in [6.07, 6.45) is 0. The largest absolute Gasteiger partial charge is 0.467 e. The van der Waals surface area contributed by atoms with Crippen molar-refractivity contribution in [1.29, 1.82) is 0 Å². The maximum atomic E-state index is 11.3. The molecule has 1 aromatic carbocycles. The lowest BCUT2D eigenvalue weighted by atomic mass is 10.2. The van der Waals surface area contributed by atoms with Crippen LogP contribution in [0.4, 0.5) is 5.69 Å². The number of carbonyl (C=O) groups is 1. The van der Waals surface area contributed by atoms with Gasteiger partial charge in [0.1, 0.15) is 6.04 Å². The fraction of sp³-hybridized carbons (Fsp3) is 0.364. The number of ether oxygens (including phenoxy) is 1. The smallest absolute Gasteiger partial charge is 0.329 e. The van der Waals surface area contributed by atoms with Crippen LogP contribution in [0, 0.1) is 6.92 Å². The molecule has 82 valence electrons. The van der Waals surface area contributed by atoms with E-state index in [1.807, 2.05) is 31.2 Å². The summed E-state index contributed by atoms with van der Waals surface area (Å²) in [6, 6.07) is 7.41. The van der Waals surface area contributed by atoms with Gasteiger partial charge >= 0.3 is 5.97 Å². The number of carbonyl (C=O) groups excluding carboxylic acids is 1. The van der Waals surface area contributed by atoms with Crippen molar-refractivity contribution in [3.63, 3.8) is 0 Å². The summed E-state index contributed by atoms with van der Waals surface area (Å²) in [5, 5.41) is 3.06. The normalized spacial score (nSPS) is 11.9. The summed E-state index contributed by atoms with van der Waals surface area (Å²) in [6.45, 7) is 2.01. The molecule has 0 amide bonds. The molecule has 4 heteroatoms. The average molecular weight is 225 g/mol. The maximum absolute atomic E-state index is 11.3. The summed E-state index contributed by atoms with van der Waals surface area (Å²) >= 11 is 4.10. The predicted molar refractivity (Wildman–Crippen MR) is 64.5 cm³/mol. The molecular formula is C11H15NO2S. The molecule has 0 heterocycles. The molecule has 0 spiro atoms. The average Bonchev–Trinajstić information content (AvgIpc) is 2.27. The van der Waals surface area contributed by atoms with E-state index in [1.54, 1.807) is 0 Å². The van der Waals surface area contributed by atoms with Crippen LogP contribution in [0.1, 0.15) is 5.56 Å². The fourth-order valence-corrected chi connectivity index (χ4v) is 1.41. The Morgan fingerprint density at radius 2 is 2.07 bits per heavy atom. The lowest BCUT2D eigenvalue weighted by Gasteiger charge is -2.15. The van der Waals surface area contributed by atoms with Gasteiger partial charge in [0.15, 0.2) is 0 Å². The molecular weight excluding hydrogens is 210 g/mol. The van der Waals surface area contributed by atoms with Crippen LogP contribution >= 0.6 is 12.6 Å². The second-order valence-corrected chi connectivity index (χ2v) is 3.63. The van der Waals surface area contributed by atoms with Gasteiger partial charge in [-0.1, -0.05) is 17.7 Å². The molecule has 0 fully saturated rings. The number of methoxy groups -OCH3 is 1. The molecule has 0 saturated carbocycles. The van der Waals surface area contributed by atoms with Crippen molar-refractivity contribution in [2.45, 2.75) is 13.0 Å². The van der Waals surface area contributed by atoms with E-state index in [2.05, 4.69) is 22.7 Å². The molecule has 0 aliphatic carbocycles. The number of hydrogen-bond acceptors (Lipinski definition) is 4. The van der Waals surface area contributed by atoms with E-state index in [0.29, 0.717) is 5.75 Å². The third-order valence-corrected chi connectivity index (χ3v) is 2.43. The summed E-state index contributed by atoms with van der Waals surface area (Å²) < 4.78 is 4.65. The van der Waals surface area contributed by atoms with Gasteiger partial charge in [0.25, 0.3) is 0 Å². The highest BCUT2D eigenvalue weighted by molar-refractivity contribution is 7.80. The highest BCUT2D eigenvalue weighted by Gasteiger charge is 2.16. The van der Waals surface area contributed by atoms with Gasteiger partial charge in [0.05, 0.1) is 7.11 Å². The second kappa shape index (κ2) is 5.66. The predicted octanol–water partition coefficient (Wildman–Crippen LogP) is 1.88. The molecule has 1 aromatic rings. The summed E-state index contributed by atoms with van der Waals surface area (Å²) in [5.41, 5.74) is 2.08. The van der Waals surface area contributed by atoms with Crippen LogP contribution in [0.5, 0.6) is 0 Å². The summed E-state index contributed by atoms with van der Waals surface area (Å²) in [7, 11) is 1.37. The Morgan fingerprint density at radius 1 is 1.47 bits per heavy atom. The molecule has 0 aliphatic rings. The van der Waals surface area contributed by atoms with Gasteiger partial charge in [0.2, 0.25) is 0 Å². The first-order chi connectivity index (χ1) is 7.17. The van der Waals surface area contributed by atoms with Gasteiger partial charge in [-0.05, 0) is 19.1 Å². The molecule has 1 atom stereocenters. The van der Waals surface area contributed by atoms with Crippen molar-refractivity contribution in [3.05, 3.63) is 29.8 Å². The van der Waals surface area contributed by atoms with Crippen molar-refractivity contribution in [3.8, 4) is 0 Å². The Labute approximate surface area is 95.2 Å². The number of nitrogens with one attached hydrogen (secondary N) is 1. The molecule has 3 nitrogen and oxygen atoms in total. The zero-order valence-corrected chi connectivity index (χ0v) is 9.75. The SMILES string of the molecule is COC(=O)[C@H](CS)Nc1ccc(C)cc1. The lowest BCUT2D eigenvalue weighted by molar-refractivity contribution is -0.140. The Balaban J connectivity index is 2.66. The van der Waals surface area contributed by atoms with Crippen LogP contribution < -0.4 is 5.32 Å². The van der Waals surface area contributed by atoms with Crippen LogP contribution in [0.15, 0.2) is 24.3 Å². The molecule has 0 aliphatic heterocycles. The molecule has 1 rings (SSSR count). The van der Waals surface area contributed by atoms with Crippen molar-refractivity contribution in [1.82, 2.24) is 0 Å². The molecule has 0 radical (unpaired) electrons. The quantitative estimate of drug-likeness (QED) is 0.607. The molecule has 1 N–H and O–H groups in total. The minimum atomic E-state index is -0.402. The number of esters is 1. The van der Waals surface area contributed by atoms with Gasteiger partial charge in [0, 0.05) is 11.4 Å². The van der Waals surface area contributed by atoms with Gasteiger partial charge in [-0.3, -0.25) is 0 Å². The Morgan fingerprint density at radius 3 is 2.53 bits per heavy atom. The minimum absolute atomic E-state index is 0.300. The third kappa shape index (κ3) is 3.47. The summed E-state index contributed by atoms with van der Waals surface area (Å²) in [4.78, 5) is 11.3. The zero-order valence-electron chi connectivity index (χ0n) is 8.86. The van der Waals surface area contributed by atoms with Gasteiger partial charge < -0.3 is 10.1 Å². The van der Waals surface area contributed by atoms with E-state index in [0.717, 1.165) is 5.69 Å². The monoisotopic (exact) mass is 225 g/mol. The van der Waals surface area contributed by atoms with Crippen LogP contribution in [-0.4, -0.2) is 24.9 Å². The number of anilines is 1. The van der Waals surface area contributed by atoms with E-state index in [9.17, 15) is 4.79 Å². The first-order valence-corrected chi connectivity index (χ1v) is 5.32. The lowest BCUT2D eigenvalue weighted by Crippen LogP contribution is -2.32. The summed E-state index contributed by atoms with van der Waals surface area (Å²) in [5.74, 6) is 0.103. The van der Waals surface area contributed by atoms with Crippen LogP contribution in [-0.2, 0) is 9.53 Å². The van der Waals surface area contributed by atoms with E-state index in [1.165, 1.54) is 12.7 Å². The van der Waals surface area contributed by atoms with E-state index in [-0.39, 0.29) is 5.97 Å². The number of rotatable bonds is 4. The zero-order chi connectivity index (χ0) is 11.3. The third-order valence-electron chi connectivity index (χ3n) is 2.06. The number of hydrogen-bond donors (Lipinski definition) is 2. The van der Waals surface area contributed by atoms with Gasteiger partial charge in [-0.15, -0.1) is 0 Å². The van der Waals surface area contributed by atoms with Crippen LogP contribution in [0.2, 0.25) is 0 Å². The van der Waals surface area contributed by atoms with Crippen LogP contribution in [0.3, 0.4) is 0 Å². The molecule has 0 aromatic heterocycles. The Kier molecular flexibility index (Phi) is 4.49. The molecule has 0 saturated heterocycles. The van der Waals surface area contributed by atoms with Gasteiger partial charge in [-0.2, -0.15) is 12.6 Å². The fourth-order valence-electron chi connectivity index (χ4n) is 1.17. The molecule has 0 unspecified atom stereocenters. The standard InChI is InChI=1S/C11H15NO2S/c1-8-3-5-9(6-4-8)12-10(7-15)11(13)14-2/h3-6,10,12,15H,7H2,1-2H3/t10-/m0/s1. The second-order valence-electron chi connectivity index (χ2n) is 3.27. The van der Waals surface area contributed by atoms with Crippen molar-refractivity contribution < 1.29 is 9.53 Å².